The maximum atomic E-state index is 14.2. The number of alkyl halides is 3. The van der Waals surface area contributed by atoms with E-state index in [4.69, 9.17) is 4.74 Å². The highest BCUT2D eigenvalue weighted by molar-refractivity contribution is 6.05. The van der Waals surface area contributed by atoms with E-state index in [1.807, 2.05) is 6.92 Å². The molecule has 1 atom stereocenters. The number of rotatable bonds is 6. The number of aromatic hydroxyl groups is 1. The summed E-state index contributed by atoms with van der Waals surface area (Å²) in [7, 11) is 0. The zero-order valence-electron chi connectivity index (χ0n) is 18.0. The number of phenolic OH excluding ortho intramolecular Hbond substituents is 1. The number of ether oxygens (including phenoxy) is 2. The molecule has 0 saturated heterocycles. The molecule has 1 unspecified atom stereocenters. The summed E-state index contributed by atoms with van der Waals surface area (Å²) < 4.78 is 61.5. The van der Waals surface area contributed by atoms with Crippen LogP contribution in [0, 0.1) is 12.7 Å². The Morgan fingerprint density at radius 1 is 1.15 bits per heavy atom. The maximum absolute atomic E-state index is 14.2. The fraction of sp³-hybridized carbons (Fsp3) is 0.304. The minimum absolute atomic E-state index is 0.00534. The molecule has 0 amide bonds. The first-order chi connectivity index (χ1) is 15.4. The number of hydrogen-bond donors (Lipinski definition) is 1. The van der Waals surface area contributed by atoms with Gasteiger partial charge in [0.1, 0.15) is 5.75 Å². The second-order valence-electron chi connectivity index (χ2n) is 7.42. The number of halogens is 4. The molecule has 0 fully saturated rings. The first-order valence-corrected chi connectivity index (χ1v) is 10.0. The molecule has 2 aromatic carbocycles. The van der Waals surface area contributed by atoms with Crippen LogP contribution in [0.25, 0.3) is 10.9 Å². The van der Waals surface area contributed by atoms with E-state index in [1.54, 1.807) is 13.8 Å². The van der Waals surface area contributed by atoms with Crippen LogP contribution in [0.15, 0.2) is 36.4 Å². The third-order valence-corrected chi connectivity index (χ3v) is 5.09. The largest absolute Gasteiger partial charge is 0.573 e. The number of nitrogens with zero attached hydrogens (tertiary/aromatic N) is 1. The van der Waals surface area contributed by atoms with E-state index in [9.17, 15) is 32.3 Å². The standard InChI is InChI=1S/C23H21F4NO5/c1-4-9-32-22(31)12(2)20-13(3)28(18-11-17(24)19(29)10-16(18)20)21(30)14-5-7-15(8-6-14)33-23(25,26)27/h5-8,10-12,29H,4,9H2,1-3H3. The van der Waals surface area contributed by atoms with Gasteiger partial charge >= 0.3 is 12.3 Å². The summed E-state index contributed by atoms with van der Waals surface area (Å²) in [5.74, 6) is -4.19. The summed E-state index contributed by atoms with van der Waals surface area (Å²) in [4.78, 5) is 25.7. The zero-order valence-corrected chi connectivity index (χ0v) is 18.0. The van der Waals surface area contributed by atoms with E-state index in [1.165, 1.54) is 0 Å². The van der Waals surface area contributed by atoms with E-state index in [2.05, 4.69) is 4.74 Å². The number of benzene rings is 2. The molecule has 10 heteroatoms. The van der Waals surface area contributed by atoms with Crippen LogP contribution in [0.1, 0.15) is 47.8 Å². The quantitative estimate of drug-likeness (QED) is 0.386. The van der Waals surface area contributed by atoms with E-state index < -0.39 is 41.5 Å². The summed E-state index contributed by atoms with van der Waals surface area (Å²) in [6.45, 7) is 5.15. The van der Waals surface area contributed by atoms with E-state index in [-0.39, 0.29) is 23.1 Å². The lowest BCUT2D eigenvalue weighted by Gasteiger charge is -2.13. The molecule has 0 bridgehead atoms. The van der Waals surface area contributed by atoms with Gasteiger partial charge in [0.2, 0.25) is 0 Å². The molecule has 1 aromatic heterocycles. The Morgan fingerprint density at radius 2 is 1.79 bits per heavy atom. The molecule has 0 aliphatic rings. The van der Waals surface area contributed by atoms with Gasteiger partial charge in [-0.05, 0) is 56.2 Å². The molecule has 1 N–H and O–H groups in total. The van der Waals surface area contributed by atoms with Crippen molar-refractivity contribution in [3.8, 4) is 11.5 Å². The van der Waals surface area contributed by atoms with Crippen molar-refractivity contribution in [1.29, 1.82) is 0 Å². The van der Waals surface area contributed by atoms with Crippen molar-refractivity contribution in [2.24, 2.45) is 0 Å². The van der Waals surface area contributed by atoms with Gasteiger partial charge in [0.15, 0.2) is 11.6 Å². The van der Waals surface area contributed by atoms with Crippen LogP contribution >= 0.6 is 0 Å². The number of carbonyl (C=O) groups is 2. The Balaban J connectivity index is 2.11. The van der Waals surface area contributed by atoms with Crippen LogP contribution in [0.3, 0.4) is 0 Å². The zero-order chi connectivity index (χ0) is 24.5. The molecular formula is C23H21F4NO5. The Morgan fingerprint density at radius 3 is 2.36 bits per heavy atom. The van der Waals surface area contributed by atoms with Gasteiger partial charge in [-0.2, -0.15) is 0 Å². The topological polar surface area (TPSA) is 77.8 Å². The summed E-state index contributed by atoms with van der Waals surface area (Å²) >= 11 is 0. The number of fused-ring (bicyclic) bond motifs is 1. The lowest BCUT2D eigenvalue weighted by atomic mass is 9.98. The number of phenols is 1. The molecule has 0 radical (unpaired) electrons. The Kier molecular flexibility index (Phi) is 6.66. The fourth-order valence-electron chi connectivity index (χ4n) is 3.63. The van der Waals surface area contributed by atoms with Gasteiger partial charge in [-0.1, -0.05) is 6.92 Å². The van der Waals surface area contributed by atoms with Crippen LogP contribution in [0.2, 0.25) is 0 Å². The molecule has 0 spiro atoms. The maximum Gasteiger partial charge on any atom is 0.573 e. The van der Waals surface area contributed by atoms with E-state index in [0.29, 0.717) is 17.7 Å². The molecule has 1 heterocycles. The second kappa shape index (κ2) is 9.13. The molecule has 3 rings (SSSR count). The first kappa shape index (κ1) is 24.1. The number of aromatic nitrogens is 1. The molecule has 176 valence electrons. The van der Waals surface area contributed by atoms with Crippen LogP contribution in [-0.2, 0) is 9.53 Å². The van der Waals surface area contributed by atoms with Gasteiger partial charge in [0, 0.05) is 22.7 Å². The number of carbonyl (C=O) groups excluding carboxylic acids is 2. The van der Waals surface area contributed by atoms with E-state index in [0.717, 1.165) is 41.0 Å². The van der Waals surface area contributed by atoms with Crippen LogP contribution < -0.4 is 4.74 Å². The van der Waals surface area contributed by atoms with Gasteiger partial charge in [0.05, 0.1) is 18.0 Å². The van der Waals surface area contributed by atoms with Gasteiger partial charge in [0.25, 0.3) is 5.91 Å². The van der Waals surface area contributed by atoms with Crippen LogP contribution in [-0.4, -0.2) is 34.5 Å². The van der Waals surface area contributed by atoms with Crippen LogP contribution in [0.4, 0.5) is 17.6 Å². The molecule has 0 aliphatic carbocycles. The van der Waals surface area contributed by atoms with Crippen molar-refractivity contribution >= 4 is 22.8 Å². The Labute approximate surface area is 186 Å². The van der Waals surface area contributed by atoms with Crippen LogP contribution in [0.5, 0.6) is 11.5 Å². The van der Waals surface area contributed by atoms with Crippen molar-refractivity contribution in [3.05, 3.63) is 59.0 Å². The minimum atomic E-state index is -4.88. The highest BCUT2D eigenvalue weighted by atomic mass is 19.4. The molecule has 0 saturated carbocycles. The Hall–Kier alpha value is -3.56. The van der Waals surface area contributed by atoms with Crippen molar-refractivity contribution in [1.82, 2.24) is 4.57 Å². The molecule has 33 heavy (non-hydrogen) atoms. The normalized spacial score (nSPS) is 12.6. The second-order valence-corrected chi connectivity index (χ2v) is 7.42. The first-order valence-electron chi connectivity index (χ1n) is 10.0. The Bertz CT molecular complexity index is 1200. The van der Waals surface area contributed by atoms with Crippen molar-refractivity contribution in [3.63, 3.8) is 0 Å². The SMILES string of the molecule is CCCOC(=O)C(C)c1c(C)n(C(=O)c2ccc(OC(F)(F)F)cc2)c2cc(F)c(O)cc12. The smallest absolute Gasteiger partial charge is 0.505 e. The fourth-order valence-corrected chi connectivity index (χ4v) is 3.63. The predicted molar refractivity (Wildman–Crippen MR) is 111 cm³/mol. The summed E-state index contributed by atoms with van der Waals surface area (Å²) in [6, 6.07) is 6.35. The number of hydrogen-bond acceptors (Lipinski definition) is 5. The van der Waals surface area contributed by atoms with Crippen molar-refractivity contribution in [2.45, 2.75) is 39.5 Å². The molecule has 3 aromatic rings. The molecular weight excluding hydrogens is 446 g/mol. The monoisotopic (exact) mass is 467 g/mol. The predicted octanol–water partition coefficient (Wildman–Crippen LogP) is 5.44. The highest BCUT2D eigenvalue weighted by Gasteiger charge is 2.31. The molecule has 6 nitrogen and oxygen atoms in total. The highest BCUT2D eigenvalue weighted by Crippen LogP contribution is 2.36. The minimum Gasteiger partial charge on any atom is -0.505 e. The third kappa shape index (κ3) is 4.94. The average Bonchev–Trinajstić information content (AvgIpc) is 3.01. The lowest BCUT2D eigenvalue weighted by Crippen LogP contribution is -2.18. The van der Waals surface area contributed by atoms with Gasteiger partial charge in [-0.15, -0.1) is 13.2 Å². The van der Waals surface area contributed by atoms with Gasteiger partial charge in [-0.3, -0.25) is 14.2 Å². The average molecular weight is 467 g/mol. The lowest BCUT2D eigenvalue weighted by molar-refractivity contribution is -0.274. The summed E-state index contributed by atoms with van der Waals surface area (Å²) in [5, 5.41) is 10.2. The van der Waals surface area contributed by atoms with Gasteiger partial charge < -0.3 is 14.6 Å². The van der Waals surface area contributed by atoms with E-state index >= 15 is 0 Å². The summed E-state index contributed by atoms with van der Waals surface area (Å²) in [5.41, 5.74) is 0.766. The number of esters is 1. The van der Waals surface area contributed by atoms with Crippen molar-refractivity contribution in [2.75, 3.05) is 6.61 Å². The summed E-state index contributed by atoms with van der Waals surface area (Å²) in [6.07, 6.45) is -4.27. The van der Waals surface area contributed by atoms with Gasteiger partial charge in [-0.25, -0.2) is 4.39 Å². The third-order valence-electron chi connectivity index (χ3n) is 5.09. The molecule has 0 aliphatic heterocycles. The van der Waals surface area contributed by atoms with Crippen molar-refractivity contribution < 1.29 is 41.7 Å².